The van der Waals surface area contributed by atoms with Gasteiger partial charge in [0.25, 0.3) is 0 Å². The van der Waals surface area contributed by atoms with Gasteiger partial charge in [-0.2, -0.15) is 5.10 Å². The Morgan fingerprint density at radius 2 is 2.22 bits per heavy atom. The van der Waals surface area contributed by atoms with E-state index >= 15 is 0 Å². The van der Waals surface area contributed by atoms with E-state index in [-0.39, 0.29) is 0 Å². The molecule has 4 heteroatoms. The summed E-state index contributed by atoms with van der Waals surface area (Å²) in [5.74, 6) is 0.593. The zero-order chi connectivity index (χ0) is 13.1. The Hall–Kier alpha value is -2.10. The van der Waals surface area contributed by atoms with Gasteiger partial charge in [0.1, 0.15) is 5.75 Å². The lowest BCUT2D eigenvalue weighted by molar-refractivity contribution is 0.112. The molecule has 2 rings (SSSR count). The average molecular weight is 244 g/mol. The quantitative estimate of drug-likeness (QED) is 0.776. The molecule has 0 saturated carbocycles. The third-order valence-electron chi connectivity index (χ3n) is 2.91. The number of carbonyl (C=O) groups excluding carboxylic acids is 1. The van der Waals surface area contributed by atoms with E-state index in [1.807, 2.05) is 31.4 Å². The van der Waals surface area contributed by atoms with Crippen molar-refractivity contribution in [2.24, 2.45) is 7.05 Å². The number of aryl methyl sites for hydroxylation is 2. The van der Waals surface area contributed by atoms with E-state index in [0.717, 1.165) is 29.5 Å². The summed E-state index contributed by atoms with van der Waals surface area (Å²) in [6.07, 6.45) is 3.64. The van der Waals surface area contributed by atoms with E-state index in [4.69, 9.17) is 4.74 Å². The van der Waals surface area contributed by atoms with E-state index < -0.39 is 0 Å². The Morgan fingerprint density at radius 1 is 1.44 bits per heavy atom. The third-order valence-corrected chi connectivity index (χ3v) is 2.91. The second-order valence-electron chi connectivity index (χ2n) is 4.09. The second-order valence-corrected chi connectivity index (χ2v) is 4.09. The van der Waals surface area contributed by atoms with Gasteiger partial charge in [0.15, 0.2) is 6.29 Å². The number of benzene rings is 1. The summed E-state index contributed by atoms with van der Waals surface area (Å²) in [5, 5.41) is 4.40. The van der Waals surface area contributed by atoms with Gasteiger partial charge < -0.3 is 4.74 Å². The van der Waals surface area contributed by atoms with Crippen LogP contribution in [0.2, 0.25) is 0 Å². The molecule has 0 spiro atoms. The van der Waals surface area contributed by atoms with Crippen LogP contribution in [-0.2, 0) is 13.5 Å². The van der Waals surface area contributed by atoms with Gasteiger partial charge in [0, 0.05) is 18.8 Å². The molecule has 0 atom stereocenters. The van der Waals surface area contributed by atoms with Crippen LogP contribution in [0.4, 0.5) is 0 Å². The largest absolute Gasteiger partial charge is 0.496 e. The fourth-order valence-electron chi connectivity index (χ4n) is 2.03. The van der Waals surface area contributed by atoms with Gasteiger partial charge in [-0.15, -0.1) is 0 Å². The van der Waals surface area contributed by atoms with Crippen LogP contribution in [0.3, 0.4) is 0 Å². The van der Waals surface area contributed by atoms with Gasteiger partial charge in [0.05, 0.1) is 18.4 Å². The first kappa shape index (κ1) is 12.4. The topological polar surface area (TPSA) is 44.1 Å². The summed E-state index contributed by atoms with van der Waals surface area (Å²) < 4.78 is 6.93. The smallest absolute Gasteiger partial charge is 0.153 e. The zero-order valence-corrected chi connectivity index (χ0v) is 10.8. The van der Waals surface area contributed by atoms with Crippen molar-refractivity contribution < 1.29 is 9.53 Å². The maximum Gasteiger partial charge on any atom is 0.153 e. The molecule has 0 fully saturated rings. The van der Waals surface area contributed by atoms with E-state index in [2.05, 4.69) is 12.0 Å². The fraction of sp³-hybridized carbons (Fsp3) is 0.286. The number of aldehydes is 1. The Labute approximate surface area is 106 Å². The van der Waals surface area contributed by atoms with Crippen LogP contribution >= 0.6 is 0 Å². The summed E-state index contributed by atoms with van der Waals surface area (Å²) in [4.78, 5) is 11.0. The molecule has 0 radical (unpaired) electrons. The van der Waals surface area contributed by atoms with Crippen LogP contribution in [0.15, 0.2) is 24.4 Å². The molecule has 1 heterocycles. The van der Waals surface area contributed by atoms with Gasteiger partial charge in [-0.3, -0.25) is 9.48 Å². The number of methoxy groups -OCH3 is 1. The minimum atomic E-state index is 0.556. The molecule has 94 valence electrons. The van der Waals surface area contributed by atoms with Crippen LogP contribution in [0.5, 0.6) is 5.75 Å². The highest BCUT2D eigenvalue weighted by Gasteiger charge is 2.10. The van der Waals surface area contributed by atoms with E-state index in [1.165, 1.54) is 0 Å². The maximum atomic E-state index is 11.0. The first-order chi connectivity index (χ1) is 8.69. The maximum absolute atomic E-state index is 11.0. The Balaban J connectivity index is 2.53. The van der Waals surface area contributed by atoms with Gasteiger partial charge >= 0.3 is 0 Å². The Morgan fingerprint density at radius 3 is 2.83 bits per heavy atom. The second kappa shape index (κ2) is 5.04. The molecule has 0 bridgehead atoms. The standard InChI is InChI=1S/C14H16N2O2/c1-4-13-12(8-16(2)15-13)10-5-6-14(18-3)11(7-10)9-17/h5-9H,4H2,1-3H3. The van der Waals surface area contributed by atoms with Crippen molar-refractivity contribution in [3.8, 4) is 16.9 Å². The normalized spacial score (nSPS) is 10.4. The van der Waals surface area contributed by atoms with Crippen LogP contribution in [0.25, 0.3) is 11.1 Å². The number of rotatable bonds is 4. The van der Waals surface area contributed by atoms with Crippen molar-refractivity contribution in [1.29, 1.82) is 0 Å². The number of hydrogen-bond donors (Lipinski definition) is 0. The van der Waals surface area contributed by atoms with Crippen molar-refractivity contribution in [1.82, 2.24) is 9.78 Å². The molecule has 0 N–H and O–H groups in total. The Bertz CT molecular complexity index is 573. The molecule has 1 aromatic carbocycles. The molecule has 18 heavy (non-hydrogen) atoms. The molecule has 0 aliphatic rings. The molecule has 0 unspecified atom stereocenters. The number of aromatic nitrogens is 2. The van der Waals surface area contributed by atoms with Gasteiger partial charge in [-0.1, -0.05) is 13.0 Å². The van der Waals surface area contributed by atoms with Crippen molar-refractivity contribution in [3.05, 3.63) is 35.7 Å². The number of nitrogens with zero attached hydrogens (tertiary/aromatic N) is 2. The molecule has 4 nitrogen and oxygen atoms in total. The summed E-state index contributed by atoms with van der Waals surface area (Å²) in [6.45, 7) is 2.07. The lowest BCUT2D eigenvalue weighted by Gasteiger charge is -2.06. The number of carbonyl (C=O) groups is 1. The molecule has 0 amide bonds. The van der Waals surface area contributed by atoms with E-state index in [1.54, 1.807) is 11.8 Å². The first-order valence-corrected chi connectivity index (χ1v) is 5.85. The lowest BCUT2D eigenvalue weighted by Crippen LogP contribution is -1.92. The summed E-state index contributed by atoms with van der Waals surface area (Å²) in [5.41, 5.74) is 3.63. The molecule has 0 aliphatic carbocycles. The fourth-order valence-corrected chi connectivity index (χ4v) is 2.03. The van der Waals surface area contributed by atoms with Crippen molar-refractivity contribution in [2.75, 3.05) is 7.11 Å². The predicted octanol–water partition coefficient (Wildman–Crippen LogP) is 2.47. The van der Waals surface area contributed by atoms with Crippen LogP contribution in [0.1, 0.15) is 23.0 Å². The van der Waals surface area contributed by atoms with Crippen molar-refractivity contribution in [3.63, 3.8) is 0 Å². The highest BCUT2D eigenvalue weighted by molar-refractivity contribution is 5.83. The average Bonchev–Trinajstić information content (AvgIpc) is 2.79. The highest BCUT2D eigenvalue weighted by atomic mass is 16.5. The predicted molar refractivity (Wildman–Crippen MR) is 70.0 cm³/mol. The SMILES string of the molecule is CCc1nn(C)cc1-c1ccc(OC)c(C=O)c1. The highest BCUT2D eigenvalue weighted by Crippen LogP contribution is 2.27. The number of hydrogen-bond acceptors (Lipinski definition) is 3. The third kappa shape index (κ3) is 2.14. The van der Waals surface area contributed by atoms with Crippen LogP contribution in [-0.4, -0.2) is 23.2 Å². The van der Waals surface area contributed by atoms with Crippen LogP contribution in [0, 0.1) is 0 Å². The molecule has 1 aromatic heterocycles. The monoisotopic (exact) mass is 244 g/mol. The van der Waals surface area contributed by atoms with Gasteiger partial charge in [0.2, 0.25) is 0 Å². The minimum absolute atomic E-state index is 0.556. The van der Waals surface area contributed by atoms with E-state index in [9.17, 15) is 4.79 Å². The first-order valence-electron chi connectivity index (χ1n) is 5.85. The number of ether oxygens (including phenoxy) is 1. The van der Waals surface area contributed by atoms with Gasteiger partial charge in [-0.05, 0) is 24.1 Å². The molecule has 2 aromatic rings. The summed E-state index contributed by atoms with van der Waals surface area (Å²) in [7, 11) is 3.45. The minimum Gasteiger partial charge on any atom is -0.496 e. The van der Waals surface area contributed by atoms with Crippen LogP contribution < -0.4 is 4.74 Å². The molecule has 0 saturated heterocycles. The molecule has 0 aliphatic heterocycles. The van der Waals surface area contributed by atoms with E-state index in [0.29, 0.717) is 11.3 Å². The lowest BCUT2D eigenvalue weighted by atomic mass is 10.0. The van der Waals surface area contributed by atoms with Crippen molar-refractivity contribution in [2.45, 2.75) is 13.3 Å². The van der Waals surface area contributed by atoms with Gasteiger partial charge in [-0.25, -0.2) is 0 Å². The zero-order valence-electron chi connectivity index (χ0n) is 10.8. The molecular weight excluding hydrogens is 228 g/mol. The summed E-state index contributed by atoms with van der Waals surface area (Å²) >= 11 is 0. The Kier molecular flexibility index (Phi) is 3.46. The van der Waals surface area contributed by atoms with Crippen molar-refractivity contribution >= 4 is 6.29 Å². The summed E-state index contributed by atoms with van der Waals surface area (Å²) in [6, 6.07) is 5.59. The molecular formula is C14H16N2O2.